The highest BCUT2D eigenvalue weighted by Gasteiger charge is 2.28. The second-order valence-electron chi connectivity index (χ2n) is 6.66. The van der Waals surface area contributed by atoms with Crippen LogP contribution in [-0.4, -0.2) is 36.9 Å². The Bertz CT molecular complexity index is 795. The first-order chi connectivity index (χ1) is 12.6. The van der Waals surface area contributed by atoms with Gasteiger partial charge in [0.2, 0.25) is 5.91 Å². The molecule has 1 heterocycles. The van der Waals surface area contributed by atoms with Crippen molar-refractivity contribution in [3.05, 3.63) is 59.7 Å². The Balaban J connectivity index is 1.56. The molecular weight excluding hydrogens is 328 g/mol. The lowest BCUT2D eigenvalue weighted by atomic mass is 9.95. The molecule has 1 fully saturated rings. The van der Waals surface area contributed by atoms with Crippen LogP contribution in [0.3, 0.4) is 0 Å². The number of benzene rings is 2. The van der Waals surface area contributed by atoms with Crippen molar-refractivity contribution in [1.29, 1.82) is 0 Å². The number of anilines is 1. The van der Waals surface area contributed by atoms with E-state index in [4.69, 9.17) is 4.74 Å². The Labute approximate surface area is 154 Å². The molecule has 0 bridgehead atoms. The average molecular weight is 352 g/mol. The van der Waals surface area contributed by atoms with Gasteiger partial charge in [-0.2, -0.15) is 0 Å². The quantitative estimate of drug-likeness (QED) is 0.916. The van der Waals surface area contributed by atoms with Gasteiger partial charge >= 0.3 is 0 Å². The number of rotatable bonds is 4. The molecule has 0 unspecified atom stereocenters. The molecule has 2 aromatic carbocycles. The Kier molecular flexibility index (Phi) is 5.56. The van der Waals surface area contributed by atoms with E-state index in [2.05, 4.69) is 5.32 Å². The second-order valence-corrected chi connectivity index (χ2v) is 6.66. The van der Waals surface area contributed by atoms with E-state index in [1.54, 1.807) is 19.2 Å². The summed E-state index contributed by atoms with van der Waals surface area (Å²) < 4.78 is 5.18. The summed E-state index contributed by atoms with van der Waals surface area (Å²) in [4.78, 5) is 26.9. The van der Waals surface area contributed by atoms with Crippen molar-refractivity contribution < 1.29 is 14.3 Å². The summed E-state index contributed by atoms with van der Waals surface area (Å²) in [5.74, 6) is 0.624. The molecular formula is C21H24N2O3. The monoisotopic (exact) mass is 352 g/mol. The Morgan fingerprint density at radius 1 is 1.08 bits per heavy atom. The topological polar surface area (TPSA) is 58.6 Å². The lowest BCUT2D eigenvalue weighted by molar-refractivity contribution is -0.121. The van der Waals surface area contributed by atoms with Crippen molar-refractivity contribution >= 4 is 17.5 Å². The van der Waals surface area contributed by atoms with Crippen LogP contribution in [0.1, 0.15) is 28.8 Å². The zero-order valence-corrected chi connectivity index (χ0v) is 15.2. The van der Waals surface area contributed by atoms with Crippen molar-refractivity contribution in [2.75, 3.05) is 25.5 Å². The van der Waals surface area contributed by atoms with E-state index in [1.165, 1.54) is 0 Å². The molecule has 0 saturated carbocycles. The van der Waals surface area contributed by atoms with E-state index in [-0.39, 0.29) is 17.7 Å². The van der Waals surface area contributed by atoms with Crippen molar-refractivity contribution in [2.24, 2.45) is 5.92 Å². The zero-order valence-electron chi connectivity index (χ0n) is 15.2. The summed E-state index contributed by atoms with van der Waals surface area (Å²) >= 11 is 0. The molecule has 3 rings (SSSR count). The van der Waals surface area contributed by atoms with Crippen LogP contribution >= 0.6 is 0 Å². The van der Waals surface area contributed by atoms with Crippen LogP contribution in [-0.2, 0) is 4.79 Å². The molecule has 0 spiro atoms. The number of likely N-dealkylation sites (tertiary alicyclic amines) is 1. The SMILES string of the molecule is COc1cccc(C(=O)N2CCC(C(=O)Nc3cccc(C)c3)CC2)c1. The molecule has 0 aliphatic carbocycles. The molecule has 0 radical (unpaired) electrons. The number of aryl methyl sites for hydroxylation is 1. The minimum absolute atomic E-state index is 0.0126. The van der Waals surface area contributed by atoms with E-state index in [0.717, 1.165) is 11.3 Å². The molecule has 26 heavy (non-hydrogen) atoms. The smallest absolute Gasteiger partial charge is 0.253 e. The van der Waals surface area contributed by atoms with Gasteiger partial charge in [0, 0.05) is 30.3 Å². The normalized spacial score (nSPS) is 14.8. The van der Waals surface area contributed by atoms with Crippen LogP contribution < -0.4 is 10.1 Å². The summed E-state index contributed by atoms with van der Waals surface area (Å²) in [6.45, 7) is 3.17. The summed E-state index contributed by atoms with van der Waals surface area (Å²) in [7, 11) is 1.59. The number of ether oxygens (including phenoxy) is 1. The Morgan fingerprint density at radius 2 is 1.81 bits per heavy atom. The fourth-order valence-corrected chi connectivity index (χ4v) is 3.25. The third-order valence-corrected chi connectivity index (χ3v) is 4.76. The minimum Gasteiger partial charge on any atom is -0.497 e. The van der Waals surface area contributed by atoms with Gasteiger partial charge < -0.3 is 15.0 Å². The molecule has 5 heteroatoms. The van der Waals surface area contributed by atoms with Crippen LogP contribution in [0.5, 0.6) is 5.75 Å². The van der Waals surface area contributed by atoms with Gasteiger partial charge in [0.05, 0.1) is 7.11 Å². The maximum atomic E-state index is 12.6. The average Bonchev–Trinajstić information content (AvgIpc) is 2.67. The number of amides is 2. The number of nitrogens with one attached hydrogen (secondary N) is 1. The largest absolute Gasteiger partial charge is 0.497 e. The molecule has 1 N–H and O–H groups in total. The second kappa shape index (κ2) is 8.04. The van der Waals surface area contributed by atoms with E-state index in [0.29, 0.717) is 37.2 Å². The van der Waals surface area contributed by atoms with E-state index < -0.39 is 0 Å². The number of hydrogen-bond donors (Lipinski definition) is 1. The molecule has 2 amide bonds. The number of hydrogen-bond acceptors (Lipinski definition) is 3. The van der Waals surface area contributed by atoms with Gasteiger partial charge in [0.15, 0.2) is 0 Å². The zero-order chi connectivity index (χ0) is 18.5. The first-order valence-corrected chi connectivity index (χ1v) is 8.87. The Morgan fingerprint density at radius 3 is 2.50 bits per heavy atom. The Hall–Kier alpha value is -2.82. The lowest BCUT2D eigenvalue weighted by Crippen LogP contribution is -2.41. The maximum Gasteiger partial charge on any atom is 0.253 e. The van der Waals surface area contributed by atoms with E-state index in [9.17, 15) is 9.59 Å². The fraction of sp³-hybridized carbons (Fsp3) is 0.333. The molecule has 2 aromatic rings. The molecule has 0 aromatic heterocycles. The van der Waals surface area contributed by atoms with Gasteiger partial charge in [-0.05, 0) is 55.7 Å². The number of methoxy groups -OCH3 is 1. The summed E-state index contributed by atoms with van der Waals surface area (Å²) in [5.41, 5.74) is 2.55. The summed E-state index contributed by atoms with van der Waals surface area (Å²) in [6, 6.07) is 15.0. The number of carbonyl (C=O) groups is 2. The number of piperidine rings is 1. The highest BCUT2D eigenvalue weighted by molar-refractivity contribution is 5.95. The van der Waals surface area contributed by atoms with Crippen molar-refractivity contribution in [1.82, 2.24) is 4.90 Å². The summed E-state index contributed by atoms with van der Waals surface area (Å²) in [5, 5.41) is 2.98. The molecule has 136 valence electrons. The van der Waals surface area contributed by atoms with Gasteiger partial charge in [-0.1, -0.05) is 18.2 Å². The predicted molar refractivity (Wildman–Crippen MR) is 101 cm³/mol. The molecule has 5 nitrogen and oxygen atoms in total. The highest BCUT2D eigenvalue weighted by atomic mass is 16.5. The van der Waals surface area contributed by atoms with Crippen LogP contribution in [0.4, 0.5) is 5.69 Å². The van der Waals surface area contributed by atoms with Crippen LogP contribution in [0.25, 0.3) is 0 Å². The molecule has 1 saturated heterocycles. The minimum atomic E-state index is -0.0649. The van der Waals surface area contributed by atoms with Gasteiger partial charge in [0.25, 0.3) is 5.91 Å². The third kappa shape index (κ3) is 4.23. The van der Waals surface area contributed by atoms with Crippen LogP contribution in [0.15, 0.2) is 48.5 Å². The lowest BCUT2D eigenvalue weighted by Gasteiger charge is -2.31. The fourth-order valence-electron chi connectivity index (χ4n) is 3.25. The standard InChI is InChI=1S/C21H24N2O3/c1-15-5-3-7-18(13-15)22-20(24)16-9-11-23(12-10-16)21(25)17-6-4-8-19(14-17)26-2/h3-8,13-14,16H,9-12H2,1-2H3,(H,22,24). The van der Waals surface area contributed by atoms with E-state index >= 15 is 0 Å². The van der Waals surface area contributed by atoms with Gasteiger partial charge in [-0.15, -0.1) is 0 Å². The first kappa shape index (κ1) is 18.0. The van der Waals surface area contributed by atoms with Gasteiger partial charge in [-0.3, -0.25) is 9.59 Å². The predicted octanol–water partition coefficient (Wildman–Crippen LogP) is 3.49. The van der Waals surface area contributed by atoms with Crippen molar-refractivity contribution in [2.45, 2.75) is 19.8 Å². The van der Waals surface area contributed by atoms with E-state index in [1.807, 2.05) is 48.2 Å². The molecule has 1 aliphatic rings. The first-order valence-electron chi connectivity index (χ1n) is 8.87. The highest BCUT2D eigenvalue weighted by Crippen LogP contribution is 2.22. The molecule has 0 atom stereocenters. The number of carbonyl (C=O) groups excluding carboxylic acids is 2. The summed E-state index contributed by atoms with van der Waals surface area (Å²) in [6.07, 6.45) is 1.35. The maximum absolute atomic E-state index is 12.6. The van der Waals surface area contributed by atoms with Crippen LogP contribution in [0.2, 0.25) is 0 Å². The third-order valence-electron chi connectivity index (χ3n) is 4.76. The van der Waals surface area contributed by atoms with Crippen LogP contribution in [0, 0.1) is 12.8 Å². The van der Waals surface area contributed by atoms with Gasteiger partial charge in [-0.25, -0.2) is 0 Å². The molecule has 1 aliphatic heterocycles. The number of nitrogens with zero attached hydrogens (tertiary/aromatic N) is 1. The van der Waals surface area contributed by atoms with Crippen molar-refractivity contribution in [3.8, 4) is 5.75 Å². The van der Waals surface area contributed by atoms with Gasteiger partial charge in [0.1, 0.15) is 5.75 Å². The van der Waals surface area contributed by atoms with Crippen molar-refractivity contribution in [3.63, 3.8) is 0 Å².